The standard InChI is InChI=1S/C21H19F4N5O2/c1-13-27-28-29-30(13)16-5-6-17(22)18(12-16)26-19(31)20(7-9-32-10-8-20)14-3-2-4-15(11-14)21(23,24)25/h2-6,11-12H,7-10H2,1H3,(H,26,31). The lowest BCUT2D eigenvalue weighted by Crippen LogP contribution is -2.45. The van der Waals surface area contributed by atoms with Gasteiger partial charge in [-0.2, -0.15) is 17.9 Å². The van der Waals surface area contributed by atoms with Crippen LogP contribution in [0.2, 0.25) is 0 Å². The molecule has 1 aliphatic rings. The van der Waals surface area contributed by atoms with Crippen molar-refractivity contribution in [2.24, 2.45) is 0 Å². The van der Waals surface area contributed by atoms with Crippen LogP contribution in [-0.4, -0.2) is 39.3 Å². The summed E-state index contributed by atoms with van der Waals surface area (Å²) in [5, 5.41) is 13.7. The Hall–Kier alpha value is -3.34. The number of hydrogen-bond donors (Lipinski definition) is 1. The van der Waals surface area contributed by atoms with E-state index in [1.165, 1.54) is 28.9 Å². The number of alkyl halides is 3. The van der Waals surface area contributed by atoms with Crippen LogP contribution in [0.25, 0.3) is 5.69 Å². The number of aromatic nitrogens is 4. The third-order valence-electron chi connectivity index (χ3n) is 5.59. The summed E-state index contributed by atoms with van der Waals surface area (Å²) in [6.45, 7) is 2.04. The lowest BCUT2D eigenvalue weighted by molar-refractivity contribution is -0.138. The van der Waals surface area contributed by atoms with Crippen LogP contribution in [-0.2, 0) is 21.1 Å². The maximum Gasteiger partial charge on any atom is 0.416 e. The molecule has 2 aromatic carbocycles. The summed E-state index contributed by atoms with van der Waals surface area (Å²) in [5.74, 6) is -0.845. The first-order valence-electron chi connectivity index (χ1n) is 9.82. The molecule has 1 amide bonds. The van der Waals surface area contributed by atoms with Crippen LogP contribution in [0.3, 0.4) is 0 Å². The second-order valence-corrected chi connectivity index (χ2v) is 7.53. The van der Waals surface area contributed by atoms with E-state index < -0.39 is 28.9 Å². The van der Waals surface area contributed by atoms with Gasteiger partial charge in [-0.15, -0.1) is 5.10 Å². The minimum Gasteiger partial charge on any atom is -0.381 e. The molecular formula is C21H19F4N5O2. The van der Waals surface area contributed by atoms with Gasteiger partial charge < -0.3 is 10.1 Å². The zero-order chi connectivity index (χ0) is 22.9. The lowest BCUT2D eigenvalue weighted by Gasteiger charge is -2.36. The smallest absolute Gasteiger partial charge is 0.381 e. The van der Waals surface area contributed by atoms with Crippen molar-refractivity contribution >= 4 is 11.6 Å². The van der Waals surface area contributed by atoms with E-state index in [9.17, 15) is 22.4 Å². The highest BCUT2D eigenvalue weighted by Crippen LogP contribution is 2.39. The summed E-state index contributed by atoms with van der Waals surface area (Å²) in [5.41, 5.74) is -1.64. The Morgan fingerprint density at radius 3 is 2.56 bits per heavy atom. The lowest BCUT2D eigenvalue weighted by atomic mass is 9.73. The molecule has 0 bridgehead atoms. The van der Waals surface area contributed by atoms with E-state index in [1.54, 1.807) is 6.92 Å². The third kappa shape index (κ3) is 4.07. The third-order valence-corrected chi connectivity index (χ3v) is 5.59. The summed E-state index contributed by atoms with van der Waals surface area (Å²) in [4.78, 5) is 13.4. The van der Waals surface area contributed by atoms with Gasteiger partial charge in [-0.3, -0.25) is 4.79 Å². The number of ether oxygens (including phenoxy) is 1. The molecule has 0 atom stereocenters. The largest absolute Gasteiger partial charge is 0.416 e. The normalized spacial score (nSPS) is 16.0. The molecule has 0 spiro atoms. The van der Waals surface area contributed by atoms with Gasteiger partial charge in [0.05, 0.1) is 22.4 Å². The van der Waals surface area contributed by atoms with Gasteiger partial charge in [0.1, 0.15) is 5.82 Å². The van der Waals surface area contributed by atoms with Crippen LogP contribution in [0.1, 0.15) is 29.8 Å². The summed E-state index contributed by atoms with van der Waals surface area (Å²) in [7, 11) is 0. The van der Waals surface area contributed by atoms with Gasteiger partial charge in [-0.05, 0) is 60.0 Å². The van der Waals surface area contributed by atoms with Gasteiger partial charge in [0.2, 0.25) is 5.91 Å². The van der Waals surface area contributed by atoms with Gasteiger partial charge in [-0.25, -0.2) is 4.39 Å². The van der Waals surface area contributed by atoms with Crippen molar-refractivity contribution in [1.29, 1.82) is 0 Å². The molecule has 0 unspecified atom stereocenters. The van der Waals surface area contributed by atoms with E-state index in [1.807, 2.05) is 0 Å². The molecule has 2 heterocycles. The number of rotatable bonds is 4. The minimum atomic E-state index is -4.55. The Bertz CT molecular complexity index is 1140. The zero-order valence-corrected chi connectivity index (χ0v) is 17.0. The summed E-state index contributed by atoms with van der Waals surface area (Å²) < 4.78 is 61.1. The number of hydrogen-bond acceptors (Lipinski definition) is 5. The van der Waals surface area contributed by atoms with Crippen molar-refractivity contribution in [3.8, 4) is 5.69 Å². The van der Waals surface area contributed by atoms with Crippen molar-refractivity contribution in [3.05, 3.63) is 65.2 Å². The predicted molar refractivity (Wildman–Crippen MR) is 106 cm³/mol. The van der Waals surface area contributed by atoms with E-state index in [2.05, 4.69) is 20.8 Å². The molecule has 1 saturated heterocycles. The molecule has 7 nitrogen and oxygen atoms in total. The Morgan fingerprint density at radius 1 is 1.16 bits per heavy atom. The second kappa shape index (κ2) is 8.30. The van der Waals surface area contributed by atoms with Gasteiger partial charge in [0, 0.05) is 13.2 Å². The Labute approximate surface area is 180 Å². The maximum atomic E-state index is 14.5. The number of halogens is 4. The van der Waals surface area contributed by atoms with E-state index in [4.69, 9.17) is 4.74 Å². The number of amides is 1. The number of carbonyl (C=O) groups is 1. The molecule has 0 aliphatic carbocycles. The average Bonchev–Trinajstić information content (AvgIpc) is 3.21. The number of aryl methyl sites for hydroxylation is 1. The van der Waals surface area contributed by atoms with Crippen LogP contribution >= 0.6 is 0 Å². The van der Waals surface area contributed by atoms with E-state index in [-0.39, 0.29) is 37.3 Å². The monoisotopic (exact) mass is 449 g/mol. The fraction of sp³-hybridized carbons (Fsp3) is 0.333. The number of nitrogens with zero attached hydrogens (tertiary/aromatic N) is 4. The van der Waals surface area contributed by atoms with Gasteiger partial charge in [0.15, 0.2) is 5.82 Å². The van der Waals surface area contributed by atoms with Crippen molar-refractivity contribution in [2.45, 2.75) is 31.4 Å². The summed E-state index contributed by atoms with van der Waals surface area (Å²) >= 11 is 0. The fourth-order valence-electron chi connectivity index (χ4n) is 3.81. The average molecular weight is 449 g/mol. The van der Waals surface area contributed by atoms with Crippen molar-refractivity contribution in [1.82, 2.24) is 20.2 Å². The van der Waals surface area contributed by atoms with E-state index in [0.29, 0.717) is 11.5 Å². The van der Waals surface area contributed by atoms with Crippen LogP contribution in [0.5, 0.6) is 0 Å². The molecule has 1 aromatic heterocycles. The first-order valence-corrected chi connectivity index (χ1v) is 9.82. The fourth-order valence-corrected chi connectivity index (χ4v) is 3.81. The number of benzene rings is 2. The van der Waals surface area contributed by atoms with Crippen LogP contribution in [0, 0.1) is 12.7 Å². The van der Waals surface area contributed by atoms with Crippen LogP contribution < -0.4 is 5.32 Å². The summed E-state index contributed by atoms with van der Waals surface area (Å²) in [6.07, 6.45) is -4.23. The number of tetrazole rings is 1. The Morgan fingerprint density at radius 2 is 1.91 bits per heavy atom. The number of carbonyl (C=O) groups excluding carboxylic acids is 1. The molecule has 1 fully saturated rings. The first-order chi connectivity index (χ1) is 15.2. The summed E-state index contributed by atoms with van der Waals surface area (Å²) in [6, 6.07) is 8.66. The van der Waals surface area contributed by atoms with Gasteiger partial charge in [0.25, 0.3) is 0 Å². The Kier molecular flexibility index (Phi) is 5.68. The molecule has 32 heavy (non-hydrogen) atoms. The minimum absolute atomic E-state index is 0.125. The predicted octanol–water partition coefficient (Wildman–Crippen LogP) is 3.82. The van der Waals surface area contributed by atoms with E-state index in [0.717, 1.165) is 18.2 Å². The molecule has 11 heteroatoms. The quantitative estimate of drug-likeness (QED) is 0.613. The molecule has 0 saturated carbocycles. The van der Waals surface area contributed by atoms with Gasteiger partial charge in [-0.1, -0.05) is 18.2 Å². The topological polar surface area (TPSA) is 81.9 Å². The highest BCUT2D eigenvalue weighted by atomic mass is 19.4. The zero-order valence-electron chi connectivity index (χ0n) is 17.0. The first kappa shape index (κ1) is 21.9. The molecule has 168 valence electrons. The molecule has 1 N–H and O–H groups in total. The molecule has 4 rings (SSSR count). The van der Waals surface area contributed by atoms with Crippen molar-refractivity contribution in [2.75, 3.05) is 18.5 Å². The molecule has 3 aromatic rings. The maximum absolute atomic E-state index is 14.5. The second-order valence-electron chi connectivity index (χ2n) is 7.53. The van der Waals surface area contributed by atoms with E-state index >= 15 is 0 Å². The van der Waals surface area contributed by atoms with Gasteiger partial charge >= 0.3 is 6.18 Å². The van der Waals surface area contributed by atoms with Crippen LogP contribution in [0.15, 0.2) is 42.5 Å². The highest BCUT2D eigenvalue weighted by Gasteiger charge is 2.43. The highest BCUT2D eigenvalue weighted by molar-refractivity contribution is 5.99. The Balaban J connectivity index is 1.71. The number of anilines is 1. The molecule has 1 aliphatic heterocycles. The number of nitrogens with one attached hydrogen (secondary N) is 1. The molecular weight excluding hydrogens is 430 g/mol. The van der Waals surface area contributed by atoms with Crippen molar-refractivity contribution < 1.29 is 27.1 Å². The van der Waals surface area contributed by atoms with Crippen LogP contribution in [0.4, 0.5) is 23.2 Å². The SMILES string of the molecule is Cc1nnnn1-c1ccc(F)c(NC(=O)C2(c3cccc(C(F)(F)F)c3)CCOCC2)c1. The molecule has 0 radical (unpaired) electrons. The van der Waals surface area contributed by atoms with Crippen molar-refractivity contribution in [3.63, 3.8) is 0 Å².